The third-order valence-electron chi connectivity index (χ3n) is 1.82. The smallest absolute Gasteiger partial charge is 0.202 e. The first-order chi connectivity index (χ1) is 5.77. The van der Waals surface area contributed by atoms with Gasteiger partial charge >= 0.3 is 0 Å². The normalized spacial score (nSPS) is 12.9. The number of aromatic nitrogens is 2. The first-order valence-electron chi connectivity index (χ1n) is 4.35. The fraction of sp³-hybridized carbons (Fsp3) is 0.750. The molecule has 0 saturated carbocycles. The van der Waals surface area contributed by atoms with Gasteiger partial charge in [-0.3, -0.25) is 0 Å². The maximum Gasteiger partial charge on any atom is 0.202 e. The van der Waals surface area contributed by atoms with Crippen molar-refractivity contribution in [3.05, 3.63) is 5.82 Å². The van der Waals surface area contributed by atoms with Gasteiger partial charge in [0.25, 0.3) is 0 Å². The number of anilines is 1. The number of hydrogen-bond donors (Lipinski definition) is 1. The van der Waals surface area contributed by atoms with Crippen molar-refractivity contribution in [1.29, 1.82) is 0 Å². The number of nitrogens with zero attached hydrogens (tertiary/aromatic N) is 2. The summed E-state index contributed by atoms with van der Waals surface area (Å²) in [6, 6.07) is 0. The molecule has 0 bridgehead atoms. The molecule has 4 heteroatoms. The highest BCUT2D eigenvalue weighted by atomic mass is 32.1. The summed E-state index contributed by atoms with van der Waals surface area (Å²) in [7, 11) is 0. The molecule has 1 atom stereocenters. The predicted octanol–water partition coefficient (Wildman–Crippen LogP) is 2.48. The van der Waals surface area contributed by atoms with Crippen LogP contribution in [0.25, 0.3) is 0 Å². The van der Waals surface area contributed by atoms with Crippen molar-refractivity contribution in [2.45, 2.75) is 33.1 Å². The van der Waals surface area contributed by atoms with Crippen molar-refractivity contribution in [2.75, 3.05) is 11.9 Å². The number of rotatable bonds is 4. The average molecular weight is 185 g/mol. The minimum atomic E-state index is 0.480. The zero-order valence-electron chi connectivity index (χ0n) is 7.79. The third kappa shape index (κ3) is 2.17. The second kappa shape index (κ2) is 4.40. The van der Waals surface area contributed by atoms with Crippen molar-refractivity contribution >= 4 is 16.7 Å². The fourth-order valence-corrected chi connectivity index (χ4v) is 1.58. The molecule has 0 aliphatic carbocycles. The molecular formula is C8H15N3S. The average Bonchev–Trinajstić information content (AvgIpc) is 2.52. The molecule has 68 valence electrons. The van der Waals surface area contributed by atoms with Crippen molar-refractivity contribution < 1.29 is 0 Å². The summed E-state index contributed by atoms with van der Waals surface area (Å²) < 4.78 is 4.27. The Hall–Kier alpha value is -0.640. The highest BCUT2D eigenvalue weighted by Gasteiger charge is 2.08. The lowest BCUT2D eigenvalue weighted by molar-refractivity contribution is 0.692. The molecule has 1 aromatic heterocycles. The van der Waals surface area contributed by atoms with Gasteiger partial charge < -0.3 is 5.32 Å². The highest BCUT2D eigenvalue weighted by molar-refractivity contribution is 7.09. The van der Waals surface area contributed by atoms with Gasteiger partial charge in [-0.15, -0.1) is 0 Å². The second-order valence-corrected chi connectivity index (χ2v) is 3.55. The van der Waals surface area contributed by atoms with Gasteiger partial charge in [-0.25, -0.2) is 4.98 Å². The van der Waals surface area contributed by atoms with E-state index in [1.165, 1.54) is 11.5 Å². The maximum absolute atomic E-state index is 4.37. The number of nitrogens with one attached hydrogen (secondary N) is 1. The third-order valence-corrected chi connectivity index (χ3v) is 2.51. The summed E-state index contributed by atoms with van der Waals surface area (Å²) in [6.07, 6.45) is 1.10. The van der Waals surface area contributed by atoms with Gasteiger partial charge in [-0.2, -0.15) is 4.37 Å². The van der Waals surface area contributed by atoms with Crippen LogP contribution in [-0.4, -0.2) is 15.9 Å². The molecule has 0 aromatic carbocycles. The first-order valence-corrected chi connectivity index (χ1v) is 5.12. The van der Waals surface area contributed by atoms with E-state index in [2.05, 4.69) is 35.4 Å². The zero-order valence-corrected chi connectivity index (χ0v) is 8.61. The van der Waals surface area contributed by atoms with E-state index in [-0.39, 0.29) is 0 Å². The summed E-state index contributed by atoms with van der Waals surface area (Å²) in [5.74, 6) is 1.45. The quantitative estimate of drug-likeness (QED) is 0.783. The van der Waals surface area contributed by atoms with E-state index in [9.17, 15) is 0 Å². The van der Waals surface area contributed by atoms with Crippen molar-refractivity contribution in [3.63, 3.8) is 0 Å². The van der Waals surface area contributed by atoms with E-state index in [0.29, 0.717) is 5.92 Å². The van der Waals surface area contributed by atoms with Crippen molar-refractivity contribution in [2.24, 2.45) is 0 Å². The minimum Gasteiger partial charge on any atom is -0.361 e. The molecule has 0 saturated heterocycles. The minimum absolute atomic E-state index is 0.480. The molecule has 1 rings (SSSR count). The van der Waals surface area contributed by atoms with Gasteiger partial charge in [-0.1, -0.05) is 13.8 Å². The maximum atomic E-state index is 4.37. The predicted molar refractivity (Wildman–Crippen MR) is 52.8 cm³/mol. The summed E-state index contributed by atoms with van der Waals surface area (Å²) in [5.41, 5.74) is 0. The van der Waals surface area contributed by atoms with Gasteiger partial charge in [0.2, 0.25) is 5.13 Å². The lowest BCUT2D eigenvalue weighted by Crippen LogP contribution is -1.97. The summed E-state index contributed by atoms with van der Waals surface area (Å²) in [6.45, 7) is 7.27. The molecule has 0 radical (unpaired) electrons. The summed E-state index contributed by atoms with van der Waals surface area (Å²) >= 11 is 1.45. The molecular weight excluding hydrogens is 170 g/mol. The van der Waals surface area contributed by atoms with Crippen LogP contribution in [0.2, 0.25) is 0 Å². The molecule has 12 heavy (non-hydrogen) atoms. The van der Waals surface area contributed by atoms with Crippen LogP contribution in [0.4, 0.5) is 5.13 Å². The van der Waals surface area contributed by atoms with E-state index in [0.717, 1.165) is 23.9 Å². The molecule has 1 heterocycles. The van der Waals surface area contributed by atoms with Gasteiger partial charge in [0.05, 0.1) is 0 Å². The van der Waals surface area contributed by atoms with E-state index < -0.39 is 0 Å². The molecule has 0 amide bonds. The molecule has 0 fully saturated rings. The fourth-order valence-electron chi connectivity index (χ4n) is 0.841. The molecule has 1 unspecified atom stereocenters. The van der Waals surface area contributed by atoms with Crippen LogP contribution in [-0.2, 0) is 0 Å². The van der Waals surface area contributed by atoms with Crippen LogP contribution in [0.3, 0.4) is 0 Å². The van der Waals surface area contributed by atoms with Gasteiger partial charge in [0.1, 0.15) is 5.82 Å². The van der Waals surface area contributed by atoms with E-state index in [1.807, 2.05) is 0 Å². The van der Waals surface area contributed by atoms with Gasteiger partial charge in [0, 0.05) is 24.0 Å². The Morgan fingerprint density at radius 3 is 2.83 bits per heavy atom. The Morgan fingerprint density at radius 1 is 1.50 bits per heavy atom. The standard InChI is InChI=1S/C8H15N3S/c1-4-6(3)7-10-8(9-5-2)12-11-7/h6H,4-5H2,1-3H3,(H,9,10,11). The van der Waals surface area contributed by atoms with E-state index in [1.54, 1.807) is 0 Å². The van der Waals surface area contributed by atoms with Crippen molar-refractivity contribution in [1.82, 2.24) is 9.36 Å². The SMILES string of the molecule is CCNc1nc(C(C)CC)ns1. The lowest BCUT2D eigenvalue weighted by atomic mass is 10.1. The summed E-state index contributed by atoms with van der Waals surface area (Å²) in [5, 5.41) is 4.09. The van der Waals surface area contributed by atoms with Crippen LogP contribution < -0.4 is 5.32 Å². The van der Waals surface area contributed by atoms with Crippen LogP contribution in [0.1, 0.15) is 38.9 Å². The second-order valence-electron chi connectivity index (χ2n) is 2.80. The Balaban J connectivity index is 2.63. The van der Waals surface area contributed by atoms with Gasteiger partial charge in [0.15, 0.2) is 0 Å². The van der Waals surface area contributed by atoms with Crippen LogP contribution in [0.15, 0.2) is 0 Å². The molecule has 0 aliphatic rings. The Kier molecular flexibility index (Phi) is 3.47. The van der Waals surface area contributed by atoms with Crippen LogP contribution in [0, 0.1) is 0 Å². The van der Waals surface area contributed by atoms with E-state index in [4.69, 9.17) is 0 Å². The Labute approximate surface area is 77.4 Å². The molecule has 0 aliphatic heterocycles. The highest BCUT2D eigenvalue weighted by Crippen LogP contribution is 2.19. The molecule has 3 nitrogen and oxygen atoms in total. The molecule has 0 spiro atoms. The Morgan fingerprint density at radius 2 is 2.25 bits per heavy atom. The summed E-state index contributed by atoms with van der Waals surface area (Å²) in [4.78, 5) is 4.37. The monoisotopic (exact) mass is 185 g/mol. The van der Waals surface area contributed by atoms with Crippen LogP contribution in [0.5, 0.6) is 0 Å². The molecule has 1 aromatic rings. The topological polar surface area (TPSA) is 37.8 Å². The van der Waals surface area contributed by atoms with Gasteiger partial charge in [-0.05, 0) is 13.3 Å². The zero-order chi connectivity index (χ0) is 8.97. The molecule has 1 N–H and O–H groups in total. The van der Waals surface area contributed by atoms with Crippen LogP contribution >= 0.6 is 11.5 Å². The van der Waals surface area contributed by atoms with Crippen molar-refractivity contribution in [3.8, 4) is 0 Å². The largest absolute Gasteiger partial charge is 0.361 e. The van der Waals surface area contributed by atoms with E-state index >= 15 is 0 Å². The lowest BCUT2D eigenvalue weighted by Gasteiger charge is -2.00. The first kappa shape index (κ1) is 9.45. The Bertz CT molecular complexity index is 234. The number of hydrogen-bond acceptors (Lipinski definition) is 4.